The zero-order valence-corrected chi connectivity index (χ0v) is 13.7. The highest BCUT2D eigenvalue weighted by Gasteiger charge is 2.23. The first-order chi connectivity index (χ1) is 10.5. The van der Waals surface area contributed by atoms with Gasteiger partial charge in [0, 0.05) is 4.90 Å². The van der Waals surface area contributed by atoms with Crippen molar-refractivity contribution in [2.24, 2.45) is 0 Å². The van der Waals surface area contributed by atoms with E-state index in [1.54, 1.807) is 24.3 Å². The lowest BCUT2D eigenvalue weighted by Crippen LogP contribution is -2.17. The van der Waals surface area contributed by atoms with Gasteiger partial charge in [-0.3, -0.25) is 4.72 Å². The largest absolute Gasteiger partial charge is 0.465 e. The Hall–Kier alpha value is -1.99. The Morgan fingerprint density at radius 1 is 1.09 bits per heavy atom. The fourth-order valence-electron chi connectivity index (χ4n) is 1.91. The third-order valence-corrected chi connectivity index (χ3v) is 5.15. The Labute approximate surface area is 133 Å². The quantitative estimate of drug-likeness (QED) is 0.671. The average molecular weight is 337 g/mol. The van der Waals surface area contributed by atoms with Gasteiger partial charge in [0.2, 0.25) is 0 Å². The third kappa shape index (κ3) is 3.42. The predicted octanol–water partition coefficient (Wildman–Crippen LogP) is 3.00. The van der Waals surface area contributed by atoms with Gasteiger partial charge in [-0.2, -0.15) is 0 Å². The second-order valence-corrected chi connectivity index (χ2v) is 6.79. The number of sulfonamides is 1. The number of rotatable bonds is 5. The molecule has 22 heavy (non-hydrogen) atoms. The molecular weight excluding hydrogens is 322 g/mol. The Bertz CT molecular complexity index is 788. The molecule has 7 heteroatoms. The average Bonchev–Trinajstić information content (AvgIpc) is 2.54. The van der Waals surface area contributed by atoms with Crippen LogP contribution in [0.4, 0.5) is 5.69 Å². The van der Waals surface area contributed by atoms with Gasteiger partial charge < -0.3 is 4.74 Å². The number of carbonyl (C=O) groups excluding carboxylic acids is 1. The van der Waals surface area contributed by atoms with Gasteiger partial charge in [-0.25, -0.2) is 13.2 Å². The number of benzene rings is 2. The molecule has 0 unspecified atom stereocenters. The molecule has 0 amide bonds. The number of nitrogens with one attached hydrogen (secondary N) is 1. The van der Waals surface area contributed by atoms with Crippen LogP contribution in [0, 0.1) is 0 Å². The first kappa shape index (κ1) is 16.4. The molecule has 5 nitrogen and oxygen atoms in total. The third-order valence-electron chi connectivity index (χ3n) is 2.93. The summed E-state index contributed by atoms with van der Waals surface area (Å²) in [6.07, 6.45) is 1.86. The second kappa shape index (κ2) is 6.85. The monoisotopic (exact) mass is 337 g/mol. The van der Waals surface area contributed by atoms with E-state index in [9.17, 15) is 13.2 Å². The van der Waals surface area contributed by atoms with Crippen molar-refractivity contribution in [2.45, 2.75) is 9.79 Å². The van der Waals surface area contributed by atoms with Crippen LogP contribution in [-0.4, -0.2) is 27.8 Å². The van der Waals surface area contributed by atoms with Crippen molar-refractivity contribution in [2.75, 3.05) is 18.1 Å². The first-order valence-corrected chi connectivity index (χ1v) is 9.03. The molecule has 0 aliphatic heterocycles. The van der Waals surface area contributed by atoms with Gasteiger partial charge in [0.15, 0.2) is 0 Å². The molecule has 0 bridgehead atoms. The maximum atomic E-state index is 12.6. The maximum absolute atomic E-state index is 12.6. The maximum Gasteiger partial charge on any atom is 0.339 e. The highest BCUT2D eigenvalue weighted by Crippen LogP contribution is 2.28. The molecule has 0 aromatic heterocycles. The summed E-state index contributed by atoms with van der Waals surface area (Å²) in [5.41, 5.74) is 0.466. The van der Waals surface area contributed by atoms with Crippen LogP contribution in [-0.2, 0) is 14.8 Å². The number of esters is 1. The van der Waals surface area contributed by atoms with Crippen LogP contribution in [0.2, 0.25) is 0 Å². The van der Waals surface area contributed by atoms with Crippen LogP contribution in [0.25, 0.3) is 0 Å². The van der Waals surface area contributed by atoms with Crippen molar-refractivity contribution in [3.63, 3.8) is 0 Å². The van der Waals surface area contributed by atoms with Crippen molar-refractivity contribution >= 4 is 33.4 Å². The fourth-order valence-corrected chi connectivity index (χ4v) is 3.80. The Kier molecular flexibility index (Phi) is 5.10. The summed E-state index contributed by atoms with van der Waals surface area (Å²) in [6, 6.07) is 13.0. The smallest absolute Gasteiger partial charge is 0.339 e. The second-order valence-electron chi connectivity index (χ2n) is 4.29. The van der Waals surface area contributed by atoms with Gasteiger partial charge in [-0.1, -0.05) is 24.3 Å². The van der Waals surface area contributed by atoms with Crippen molar-refractivity contribution in [3.05, 3.63) is 54.1 Å². The summed E-state index contributed by atoms with van der Waals surface area (Å²) in [6.45, 7) is 0. The molecule has 2 aromatic rings. The fraction of sp³-hybridized carbons (Fsp3) is 0.133. The standard InChI is InChI=1S/C15H15NO4S2/c1-20-15(17)11-7-3-6-10-14(11)22(18,19)16-12-8-4-5-9-13(12)21-2/h3-10,16H,1-2H3. The number of carbonyl (C=O) groups is 1. The lowest BCUT2D eigenvalue weighted by molar-refractivity contribution is 0.0596. The number of para-hydroxylation sites is 1. The van der Waals surface area contributed by atoms with Crippen molar-refractivity contribution < 1.29 is 17.9 Å². The molecule has 2 rings (SSSR count). The van der Waals surface area contributed by atoms with Gasteiger partial charge in [0.1, 0.15) is 4.90 Å². The van der Waals surface area contributed by atoms with Gasteiger partial charge in [0.05, 0.1) is 18.4 Å². The summed E-state index contributed by atoms with van der Waals surface area (Å²) < 4.78 is 32.3. The molecular formula is C15H15NO4S2. The van der Waals surface area contributed by atoms with E-state index in [1.807, 2.05) is 18.4 Å². The van der Waals surface area contributed by atoms with E-state index in [0.29, 0.717) is 5.69 Å². The van der Waals surface area contributed by atoms with E-state index in [4.69, 9.17) is 0 Å². The lowest BCUT2D eigenvalue weighted by Gasteiger charge is -2.13. The zero-order chi connectivity index (χ0) is 16.2. The molecule has 0 saturated carbocycles. The van der Waals surface area contributed by atoms with Crippen LogP contribution < -0.4 is 4.72 Å². The lowest BCUT2D eigenvalue weighted by atomic mass is 10.2. The highest BCUT2D eigenvalue weighted by atomic mass is 32.2. The van der Waals surface area contributed by atoms with Crippen molar-refractivity contribution in [3.8, 4) is 0 Å². The van der Waals surface area contributed by atoms with Crippen LogP contribution >= 0.6 is 11.8 Å². The summed E-state index contributed by atoms with van der Waals surface area (Å²) >= 11 is 1.43. The number of hydrogen-bond donors (Lipinski definition) is 1. The summed E-state index contributed by atoms with van der Waals surface area (Å²) in [4.78, 5) is 12.4. The van der Waals surface area contributed by atoms with Crippen LogP contribution in [0.5, 0.6) is 0 Å². The molecule has 116 valence electrons. The number of ether oxygens (including phenoxy) is 1. The number of anilines is 1. The zero-order valence-electron chi connectivity index (χ0n) is 12.1. The number of methoxy groups -OCH3 is 1. The summed E-state index contributed by atoms with van der Waals surface area (Å²) in [5.74, 6) is -0.695. The number of hydrogen-bond acceptors (Lipinski definition) is 5. The van der Waals surface area contributed by atoms with E-state index in [-0.39, 0.29) is 10.5 Å². The van der Waals surface area contributed by atoms with Gasteiger partial charge in [-0.05, 0) is 30.5 Å². The molecule has 0 saturated heterocycles. The Balaban J connectivity index is 2.46. The topological polar surface area (TPSA) is 72.5 Å². The number of thioether (sulfide) groups is 1. The van der Waals surface area contributed by atoms with E-state index >= 15 is 0 Å². The van der Waals surface area contributed by atoms with Crippen LogP contribution in [0.1, 0.15) is 10.4 Å². The van der Waals surface area contributed by atoms with Crippen molar-refractivity contribution in [1.82, 2.24) is 0 Å². The summed E-state index contributed by atoms with van der Waals surface area (Å²) in [5, 5.41) is 0. The summed E-state index contributed by atoms with van der Waals surface area (Å²) in [7, 11) is -2.69. The molecule has 1 N–H and O–H groups in total. The molecule has 0 radical (unpaired) electrons. The molecule has 0 fully saturated rings. The Morgan fingerprint density at radius 3 is 2.41 bits per heavy atom. The molecule has 0 spiro atoms. The molecule has 0 aliphatic carbocycles. The molecule has 0 heterocycles. The van der Waals surface area contributed by atoms with Gasteiger partial charge >= 0.3 is 5.97 Å². The van der Waals surface area contributed by atoms with E-state index in [0.717, 1.165) is 4.90 Å². The van der Waals surface area contributed by atoms with Crippen LogP contribution in [0.15, 0.2) is 58.3 Å². The molecule has 0 aliphatic rings. The Morgan fingerprint density at radius 2 is 1.73 bits per heavy atom. The van der Waals surface area contributed by atoms with Crippen molar-refractivity contribution in [1.29, 1.82) is 0 Å². The minimum atomic E-state index is -3.90. The minimum Gasteiger partial charge on any atom is -0.465 e. The van der Waals surface area contributed by atoms with E-state index in [1.165, 1.54) is 31.0 Å². The molecule has 0 atom stereocenters. The van der Waals surface area contributed by atoms with E-state index in [2.05, 4.69) is 9.46 Å². The van der Waals surface area contributed by atoms with Gasteiger partial charge in [0.25, 0.3) is 10.0 Å². The first-order valence-electron chi connectivity index (χ1n) is 6.33. The molecule has 2 aromatic carbocycles. The predicted molar refractivity (Wildman–Crippen MR) is 86.8 cm³/mol. The SMILES string of the molecule is COC(=O)c1ccccc1S(=O)(=O)Nc1ccccc1SC. The minimum absolute atomic E-state index is 0.000803. The van der Waals surface area contributed by atoms with Gasteiger partial charge in [-0.15, -0.1) is 11.8 Å². The highest BCUT2D eigenvalue weighted by molar-refractivity contribution is 7.99. The van der Waals surface area contributed by atoms with Crippen LogP contribution in [0.3, 0.4) is 0 Å². The normalized spacial score (nSPS) is 11.0. The van der Waals surface area contributed by atoms with E-state index < -0.39 is 16.0 Å².